The van der Waals surface area contributed by atoms with Gasteiger partial charge in [0.2, 0.25) is 5.82 Å². The molecule has 0 aliphatic carbocycles. The molecule has 2 heterocycles. The Morgan fingerprint density at radius 2 is 1.67 bits per heavy atom. The Morgan fingerprint density at radius 1 is 0.958 bits per heavy atom. The van der Waals surface area contributed by atoms with E-state index in [4.69, 9.17) is 9.26 Å². The van der Waals surface area contributed by atoms with Gasteiger partial charge in [0.25, 0.3) is 11.8 Å². The van der Waals surface area contributed by atoms with Crippen molar-refractivity contribution in [1.29, 1.82) is 0 Å². The maximum Gasteiger partial charge on any atom is 0.412 e. The van der Waals surface area contributed by atoms with Gasteiger partial charge in [-0.05, 0) is 80.4 Å². The highest BCUT2D eigenvalue weighted by atomic mass is 19.2. The lowest BCUT2D eigenvalue weighted by Crippen LogP contribution is -2.42. The third kappa shape index (κ3) is 8.39. The summed E-state index contributed by atoms with van der Waals surface area (Å²) in [6.07, 6.45) is 0.330. The quantitative estimate of drug-likeness (QED) is 0.179. The molecule has 0 bridgehead atoms. The number of rotatable bonds is 10. The zero-order valence-corrected chi connectivity index (χ0v) is 25.7. The highest BCUT2D eigenvalue weighted by molar-refractivity contribution is 5.94. The predicted molar refractivity (Wildman–Crippen MR) is 163 cm³/mol. The second-order valence-electron chi connectivity index (χ2n) is 11.6. The molecule has 13 nitrogen and oxygen atoms in total. The van der Waals surface area contributed by atoms with Crippen LogP contribution in [-0.2, 0) is 22.5 Å². The number of ether oxygens (including phenoxy) is 1. The number of nitrogens with one attached hydrogen (secondary N) is 2. The van der Waals surface area contributed by atoms with Gasteiger partial charge in [-0.2, -0.15) is 4.98 Å². The Hall–Kier alpha value is -6.06. The van der Waals surface area contributed by atoms with Crippen LogP contribution in [0.15, 0.2) is 71.4 Å². The maximum atomic E-state index is 15.2. The number of hydrogen-bond acceptors (Lipinski definition) is 9. The first kappa shape index (κ1) is 33.3. The molecule has 0 aliphatic heterocycles. The van der Waals surface area contributed by atoms with Gasteiger partial charge in [0.05, 0.1) is 18.3 Å². The van der Waals surface area contributed by atoms with Gasteiger partial charge in [-0.15, -0.1) is 5.10 Å². The standard InChI is InChI=1S/C32H28F3N7O6/c1-32(2,3)47-31(46)36-20-8-6-19(7-9-20)29-38-27(40-48-29)21-10-4-17(12-23(21)34)14-25(30(44)45)37-28(43)26-16-42(41-39-26)15-18-5-11-22(33)24(35)13-18/h4-13,16,25H,14-15H2,1-3H3,(H,36,46)(H,37,43)(H,44,45). The van der Waals surface area contributed by atoms with E-state index < -0.39 is 47.1 Å². The van der Waals surface area contributed by atoms with Crippen molar-refractivity contribution in [3.63, 3.8) is 0 Å². The Morgan fingerprint density at radius 3 is 2.33 bits per heavy atom. The van der Waals surface area contributed by atoms with Crippen molar-refractivity contribution in [2.24, 2.45) is 0 Å². The van der Waals surface area contributed by atoms with Crippen LogP contribution in [0, 0.1) is 17.5 Å². The van der Waals surface area contributed by atoms with Gasteiger partial charge in [0.15, 0.2) is 17.3 Å². The number of carboxylic acids is 1. The zero-order valence-electron chi connectivity index (χ0n) is 25.7. The summed E-state index contributed by atoms with van der Waals surface area (Å²) in [6, 6.07) is 12.2. The van der Waals surface area contributed by atoms with Crippen molar-refractivity contribution in [1.82, 2.24) is 30.5 Å². The molecule has 0 spiro atoms. The number of halogens is 3. The van der Waals surface area contributed by atoms with Gasteiger partial charge in [0, 0.05) is 17.7 Å². The van der Waals surface area contributed by atoms with Crippen molar-refractivity contribution >= 4 is 23.7 Å². The number of nitrogens with zero attached hydrogens (tertiary/aromatic N) is 5. The van der Waals surface area contributed by atoms with Gasteiger partial charge in [-0.3, -0.25) is 10.1 Å². The third-order valence-electron chi connectivity index (χ3n) is 6.62. The average molecular weight is 664 g/mol. The summed E-state index contributed by atoms with van der Waals surface area (Å²) in [5.74, 6) is -5.01. The highest BCUT2D eigenvalue weighted by Gasteiger charge is 2.24. The Balaban J connectivity index is 1.21. The molecule has 0 fully saturated rings. The van der Waals surface area contributed by atoms with E-state index in [1.54, 1.807) is 45.0 Å². The number of aromatic nitrogens is 5. The zero-order chi connectivity index (χ0) is 34.6. The molecule has 48 heavy (non-hydrogen) atoms. The predicted octanol–water partition coefficient (Wildman–Crippen LogP) is 5.23. The molecule has 0 radical (unpaired) electrons. The molecular weight excluding hydrogens is 635 g/mol. The van der Waals surface area contributed by atoms with Gasteiger partial charge in [-0.25, -0.2) is 27.4 Å². The number of amides is 2. The van der Waals surface area contributed by atoms with Gasteiger partial charge in [0.1, 0.15) is 17.5 Å². The lowest BCUT2D eigenvalue weighted by molar-refractivity contribution is -0.139. The van der Waals surface area contributed by atoms with Gasteiger partial charge in [-0.1, -0.05) is 22.5 Å². The minimum atomic E-state index is -1.45. The summed E-state index contributed by atoms with van der Waals surface area (Å²) in [7, 11) is 0. The monoisotopic (exact) mass is 663 g/mol. The third-order valence-corrected chi connectivity index (χ3v) is 6.62. The van der Waals surface area contributed by atoms with Gasteiger partial charge >= 0.3 is 12.1 Å². The van der Waals surface area contributed by atoms with E-state index in [0.29, 0.717) is 16.8 Å². The normalized spacial score (nSPS) is 12.0. The van der Waals surface area contributed by atoms with Crippen LogP contribution in [0.2, 0.25) is 0 Å². The van der Waals surface area contributed by atoms with E-state index >= 15 is 4.39 Å². The molecule has 0 aliphatic rings. The number of carbonyl (C=O) groups excluding carboxylic acids is 2. The Labute approximate surface area is 270 Å². The van der Waals surface area contributed by atoms with Gasteiger partial charge < -0.3 is 19.7 Å². The average Bonchev–Trinajstić information content (AvgIpc) is 3.69. The molecule has 1 atom stereocenters. The number of aliphatic carboxylic acids is 1. The van der Waals surface area contributed by atoms with Crippen molar-refractivity contribution in [3.8, 4) is 22.8 Å². The number of carbonyl (C=O) groups is 3. The SMILES string of the molecule is CC(C)(C)OC(=O)Nc1ccc(-c2nc(-c3ccc(CC(NC(=O)c4cn(Cc5ccc(F)c(F)c5)nn4)C(=O)O)cc3F)no2)cc1. The maximum absolute atomic E-state index is 15.2. The number of carboxylic acid groups (broad SMARTS) is 1. The first-order chi connectivity index (χ1) is 22.7. The van der Waals surface area contributed by atoms with E-state index in [1.807, 2.05) is 0 Å². The van der Waals surface area contributed by atoms with E-state index in [-0.39, 0.29) is 41.5 Å². The summed E-state index contributed by atoms with van der Waals surface area (Å²) in [5.41, 5.74) is 0.705. The number of anilines is 1. The molecule has 2 aromatic heterocycles. The van der Waals surface area contributed by atoms with Crippen LogP contribution in [0.4, 0.5) is 23.7 Å². The summed E-state index contributed by atoms with van der Waals surface area (Å²) >= 11 is 0. The van der Waals surface area contributed by atoms with Crippen LogP contribution < -0.4 is 10.6 Å². The summed E-state index contributed by atoms with van der Waals surface area (Å²) in [6.45, 7) is 5.22. The second kappa shape index (κ2) is 13.7. The number of benzene rings is 3. The minimum Gasteiger partial charge on any atom is -0.480 e. The summed E-state index contributed by atoms with van der Waals surface area (Å²) < 4.78 is 53.6. The van der Waals surface area contributed by atoms with Crippen molar-refractivity contribution in [3.05, 3.63) is 101 Å². The molecule has 0 saturated carbocycles. The van der Waals surface area contributed by atoms with Crippen molar-refractivity contribution < 1.29 is 41.9 Å². The lowest BCUT2D eigenvalue weighted by atomic mass is 10.0. The molecular formula is C32H28F3N7O6. The van der Waals surface area contributed by atoms with Crippen molar-refractivity contribution in [2.75, 3.05) is 5.32 Å². The van der Waals surface area contributed by atoms with Crippen LogP contribution in [0.1, 0.15) is 42.4 Å². The molecule has 3 N–H and O–H groups in total. The molecule has 3 aromatic carbocycles. The van der Waals surface area contributed by atoms with E-state index in [1.165, 1.54) is 29.1 Å². The smallest absolute Gasteiger partial charge is 0.412 e. The Kier molecular flexibility index (Phi) is 9.54. The fourth-order valence-corrected chi connectivity index (χ4v) is 4.41. The molecule has 5 aromatic rings. The van der Waals surface area contributed by atoms with Crippen LogP contribution in [0.5, 0.6) is 0 Å². The van der Waals surface area contributed by atoms with E-state index in [0.717, 1.165) is 18.2 Å². The fraction of sp³-hybridized carbons (Fsp3) is 0.219. The summed E-state index contributed by atoms with van der Waals surface area (Å²) in [5, 5.41) is 26.0. The molecule has 2 amide bonds. The minimum absolute atomic E-state index is 0.00877. The van der Waals surface area contributed by atoms with Crippen LogP contribution in [0.25, 0.3) is 22.8 Å². The second-order valence-corrected chi connectivity index (χ2v) is 11.6. The topological polar surface area (TPSA) is 174 Å². The first-order valence-corrected chi connectivity index (χ1v) is 14.3. The van der Waals surface area contributed by atoms with E-state index in [9.17, 15) is 28.3 Å². The Bertz CT molecular complexity index is 1970. The molecule has 1 unspecified atom stereocenters. The fourth-order valence-electron chi connectivity index (χ4n) is 4.41. The van der Waals surface area contributed by atoms with Crippen LogP contribution in [0.3, 0.4) is 0 Å². The highest BCUT2D eigenvalue weighted by Crippen LogP contribution is 2.26. The number of hydrogen-bond donors (Lipinski definition) is 3. The molecule has 5 rings (SSSR count). The molecule has 0 saturated heterocycles. The largest absolute Gasteiger partial charge is 0.480 e. The first-order valence-electron chi connectivity index (χ1n) is 14.3. The summed E-state index contributed by atoms with van der Waals surface area (Å²) in [4.78, 5) is 40.9. The lowest BCUT2D eigenvalue weighted by Gasteiger charge is -2.19. The van der Waals surface area contributed by atoms with Crippen molar-refractivity contribution in [2.45, 2.75) is 45.4 Å². The van der Waals surface area contributed by atoms with Crippen LogP contribution in [-0.4, -0.2) is 59.9 Å². The molecule has 16 heteroatoms. The van der Waals surface area contributed by atoms with Crippen LogP contribution >= 0.6 is 0 Å². The van der Waals surface area contributed by atoms with E-state index in [2.05, 4.69) is 31.1 Å². The molecule has 248 valence electrons.